The van der Waals surface area contributed by atoms with Gasteiger partial charge in [0, 0.05) is 30.1 Å². The molecule has 1 N–H and O–H groups in total. The third-order valence-electron chi connectivity index (χ3n) is 2.72. The molecule has 0 aliphatic rings. The average Bonchev–Trinajstić information content (AvgIpc) is 2.77. The highest BCUT2D eigenvalue weighted by Crippen LogP contribution is 2.10. The van der Waals surface area contributed by atoms with E-state index in [0.29, 0.717) is 6.04 Å². The first-order chi connectivity index (χ1) is 8.31. The van der Waals surface area contributed by atoms with Gasteiger partial charge in [0.15, 0.2) is 0 Å². The number of pyridine rings is 1. The van der Waals surface area contributed by atoms with Crippen LogP contribution >= 0.6 is 11.8 Å². The minimum Gasteiger partial charge on any atom is -0.309 e. The van der Waals surface area contributed by atoms with Crippen LogP contribution in [0.1, 0.15) is 19.4 Å². The summed E-state index contributed by atoms with van der Waals surface area (Å²) >= 11 is 1.97. The lowest BCUT2D eigenvalue weighted by Gasteiger charge is -2.12. The zero-order valence-corrected chi connectivity index (χ0v) is 11.2. The molecule has 1 unspecified atom stereocenters. The van der Waals surface area contributed by atoms with E-state index in [1.165, 1.54) is 16.8 Å². The minimum atomic E-state index is 0.540. The van der Waals surface area contributed by atoms with Crippen LogP contribution in [0.5, 0.6) is 0 Å². The second-order valence-corrected chi connectivity index (χ2v) is 5.46. The molecule has 0 aromatic carbocycles. The van der Waals surface area contributed by atoms with Gasteiger partial charge in [-0.2, -0.15) is 16.9 Å². The van der Waals surface area contributed by atoms with Crippen molar-refractivity contribution in [1.82, 2.24) is 14.9 Å². The molecule has 17 heavy (non-hydrogen) atoms. The third kappa shape index (κ3) is 3.23. The Kier molecular flexibility index (Phi) is 4.45. The normalized spacial score (nSPS) is 13.1. The van der Waals surface area contributed by atoms with Crippen LogP contribution in [-0.4, -0.2) is 27.2 Å². The first kappa shape index (κ1) is 12.5. The summed E-state index contributed by atoms with van der Waals surface area (Å²) in [6.07, 6.45) is 3.93. The molecule has 1 atom stereocenters. The van der Waals surface area contributed by atoms with Crippen LogP contribution in [0.25, 0.3) is 5.52 Å². The van der Waals surface area contributed by atoms with E-state index in [1.807, 2.05) is 34.7 Å². The molecule has 0 aliphatic carbocycles. The fourth-order valence-electron chi connectivity index (χ4n) is 1.76. The van der Waals surface area contributed by atoms with Gasteiger partial charge in [0.2, 0.25) is 0 Å². The summed E-state index contributed by atoms with van der Waals surface area (Å²) in [5, 5.41) is 7.87. The Morgan fingerprint density at radius 3 is 3.18 bits per heavy atom. The summed E-state index contributed by atoms with van der Waals surface area (Å²) in [5.74, 6) is 2.35. The van der Waals surface area contributed by atoms with E-state index in [-0.39, 0.29) is 0 Å². The summed E-state index contributed by atoms with van der Waals surface area (Å²) < 4.78 is 1.92. The Morgan fingerprint density at radius 1 is 1.47 bits per heavy atom. The van der Waals surface area contributed by atoms with Crippen LogP contribution < -0.4 is 5.32 Å². The van der Waals surface area contributed by atoms with Crippen LogP contribution in [0.4, 0.5) is 0 Å². The van der Waals surface area contributed by atoms with Crippen LogP contribution in [0.3, 0.4) is 0 Å². The van der Waals surface area contributed by atoms with Crippen molar-refractivity contribution in [2.45, 2.75) is 26.4 Å². The molecule has 0 fully saturated rings. The molecular weight excluding hydrogens is 230 g/mol. The van der Waals surface area contributed by atoms with Gasteiger partial charge in [-0.3, -0.25) is 0 Å². The third-order valence-corrected chi connectivity index (χ3v) is 3.86. The van der Waals surface area contributed by atoms with E-state index in [1.54, 1.807) is 0 Å². The topological polar surface area (TPSA) is 29.3 Å². The fraction of sp³-hybridized carbons (Fsp3) is 0.462. The number of aromatic nitrogens is 2. The summed E-state index contributed by atoms with van der Waals surface area (Å²) in [6.45, 7) is 5.32. The number of rotatable bonds is 6. The van der Waals surface area contributed by atoms with Crippen molar-refractivity contribution in [3.63, 3.8) is 0 Å². The number of nitrogens with one attached hydrogen (secondary N) is 1. The summed E-state index contributed by atoms with van der Waals surface area (Å²) in [6, 6.07) is 6.70. The molecule has 0 saturated carbocycles. The van der Waals surface area contributed by atoms with Crippen molar-refractivity contribution in [3.05, 3.63) is 36.2 Å². The van der Waals surface area contributed by atoms with Gasteiger partial charge in [-0.25, -0.2) is 4.52 Å². The van der Waals surface area contributed by atoms with E-state index in [2.05, 4.69) is 36.4 Å². The number of fused-ring (bicyclic) bond motifs is 1. The highest BCUT2D eigenvalue weighted by atomic mass is 32.2. The molecule has 0 radical (unpaired) electrons. The standard InChI is InChI=1S/C13H19N3S/c1-3-17-10-11(2)14-8-12-9-15-16-7-5-4-6-13(12)16/h4-7,9,11,14H,3,8,10H2,1-2H3. The van der Waals surface area contributed by atoms with Crippen molar-refractivity contribution >= 4 is 17.3 Å². The smallest absolute Gasteiger partial charge is 0.0706 e. The molecule has 0 spiro atoms. The van der Waals surface area contributed by atoms with E-state index in [9.17, 15) is 0 Å². The first-order valence-corrected chi connectivity index (χ1v) is 7.19. The Hall–Kier alpha value is -1.00. The van der Waals surface area contributed by atoms with Crippen molar-refractivity contribution in [2.24, 2.45) is 0 Å². The Bertz CT molecular complexity index is 466. The SMILES string of the molecule is CCSCC(C)NCc1cnn2ccccc12. The molecule has 0 aliphatic heterocycles. The average molecular weight is 249 g/mol. The maximum atomic E-state index is 4.33. The maximum absolute atomic E-state index is 4.33. The first-order valence-electron chi connectivity index (χ1n) is 6.03. The van der Waals surface area contributed by atoms with Gasteiger partial charge in [0.05, 0.1) is 11.7 Å². The van der Waals surface area contributed by atoms with E-state index in [0.717, 1.165) is 12.3 Å². The quantitative estimate of drug-likeness (QED) is 0.853. The van der Waals surface area contributed by atoms with E-state index in [4.69, 9.17) is 0 Å². The van der Waals surface area contributed by atoms with Gasteiger partial charge in [-0.1, -0.05) is 13.0 Å². The highest BCUT2D eigenvalue weighted by molar-refractivity contribution is 7.99. The second-order valence-electron chi connectivity index (χ2n) is 4.14. The van der Waals surface area contributed by atoms with Crippen molar-refractivity contribution < 1.29 is 0 Å². The zero-order valence-electron chi connectivity index (χ0n) is 10.4. The molecule has 0 amide bonds. The Balaban J connectivity index is 1.95. The highest BCUT2D eigenvalue weighted by Gasteiger charge is 2.05. The van der Waals surface area contributed by atoms with Gasteiger partial charge in [-0.05, 0) is 24.8 Å². The van der Waals surface area contributed by atoms with Crippen LogP contribution in [0.2, 0.25) is 0 Å². The lowest BCUT2D eigenvalue weighted by Crippen LogP contribution is -2.27. The van der Waals surface area contributed by atoms with Gasteiger partial charge < -0.3 is 5.32 Å². The molecule has 2 aromatic heterocycles. The summed E-state index contributed by atoms with van der Waals surface area (Å²) in [4.78, 5) is 0. The molecule has 3 nitrogen and oxygen atoms in total. The van der Waals surface area contributed by atoms with Crippen LogP contribution in [-0.2, 0) is 6.54 Å². The number of thioether (sulfide) groups is 1. The maximum Gasteiger partial charge on any atom is 0.0706 e. The van der Waals surface area contributed by atoms with E-state index < -0.39 is 0 Å². The number of nitrogens with zero attached hydrogens (tertiary/aromatic N) is 2. The number of hydrogen-bond acceptors (Lipinski definition) is 3. The Labute approximate surface area is 107 Å². The molecule has 4 heteroatoms. The lowest BCUT2D eigenvalue weighted by atomic mass is 10.2. The molecule has 0 saturated heterocycles. The molecule has 2 aromatic rings. The number of hydrogen-bond donors (Lipinski definition) is 1. The van der Waals surface area contributed by atoms with Gasteiger partial charge >= 0.3 is 0 Å². The Morgan fingerprint density at radius 2 is 2.35 bits per heavy atom. The zero-order chi connectivity index (χ0) is 12.1. The van der Waals surface area contributed by atoms with Crippen molar-refractivity contribution in [3.8, 4) is 0 Å². The molecular formula is C13H19N3S. The molecule has 92 valence electrons. The van der Waals surface area contributed by atoms with E-state index >= 15 is 0 Å². The lowest BCUT2D eigenvalue weighted by molar-refractivity contribution is 0.598. The predicted octanol–water partition coefficient (Wildman–Crippen LogP) is 2.57. The molecule has 0 bridgehead atoms. The van der Waals surface area contributed by atoms with Crippen LogP contribution in [0, 0.1) is 0 Å². The molecule has 2 rings (SSSR count). The fourth-order valence-corrected chi connectivity index (χ4v) is 2.47. The summed E-state index contributed by atoms with van der Waals surface area (Å²) in [5.41, 5.74) is 2.45. The molecule has 2 heterocycles. The van der Waals surface area contributed by atoms with Crippen molar-refractivity contribution in [2.75, 3.05) is 11.5 Å². The van der Waals surface area contributed by atoms with Crippen molar-refractivity contribution in [1.29, 1.82) is 0 Å². The summed E-state index contributed by atoms with van der Waals surface area (Å²) in [7, 11) is 0. The van der Waals surface area contributed by atoms with Gasteiger partial charge in [-0.15, -0.1) is 0 Å². The predicted molar refractivity (Wildman–Crippen MR) is 74.5 cm³/mol. The minimum absolute atomic E-state index is 0.540. The van der Waals surface area contributed by atoms with Gasteiger partial charge in [0.25, 0.3) is 0 Å². The van der Waals surface area contributed by atoms with Crippen LogP contribution in [0.15, 0.2) is 30.6 Å². The largest absolute Gasteiger partial charge is 0.309 e. The van der Waals surface area contributed by atoms with Gasteiger partial charge in [0.1, 0.15) is 0 Å². The second kappa shape index (κ2) is 6.07. The monoisotopic (exact) mass is 249 g/mol.